The molecule has 0 saturated heterocycles. The highest BCUT2D eigenvalue weighted by atomic mass is 16.2. The molecule has 2 aromatic carbocycles. The highest BCUT2D eigenvalue weighted by Gasteiger charge is 2.05. The summed E-state index contributed by atoms with van der Waals surface area (Å²) in [6.07, 6.45) is 3.24. The van der Waals surface area contributed by atoms with Crippen LogP contribution in [0.3, 0.4) is 0 Å². The van der Waals surface area contributed by atoms with E-state index in [-0.39, 0.29) is 24.7 Å². The van der Waals surface area contributed by atoms with Crippen LogP contribution in [0.2, 0.25) is 0 Å². The van der Waals surface area contributed by atoms with Gasteiger partial charge >= 0.3 is 0 Å². The van der Waals surface area contributed by atoms with Gasteiger partial charge in [0.2, 0.25) is 11.8 Å². The molecule has 0 atom stereocenters. The summed E-state index contributed by atoms with van der Waals surface area (Å²) in [5.41, 5.74) is 8.82. The van der Waals surface area contributed by atoms with Gasteiger partial charge in [0.15, 0.2) is 0 Å². The van der Waals surface area contributed by atoms with Gasteiger partial charge in [-0.1, -0.05) is 48.5 Å². The van der Waals surface area contributed by atoms with Gasteiger partial charge in [-0.3, -0.25) is 9.59 Å². The van der Waals surface area contributed by atoms with Crippen LogP contribution < -0.4 is 10.9 Å². The molecule has 0 saturated carbocycles. The van der Waals surface area contributed by atoms with Crippen LogP contribution in [0.4, 0.5) is 0 Å². The lowest BCUT2D eigenvalue weighted by molar-refractivity contribution is -0.126. The van der Waals surface area contributed by atoms with E-state index in [1.165, 1.54) is 0 Å². The van der Waals surface area contributed by atoms with E-state index in [2.05, 4.69) is 21.1 Å². The van der Waals surface area contributed by atoms with Crippen molar-refractivity contribution in [3.63, 3.8) is 0 Å². The zero-order valence-electron chi connectivity index (χ0n) is 14.9. The Morgan fingerprint density at radius 1 is 0.769 bits per heavy atom. The molecule has 2 amide bonds. The average Bonchev–Trinajstić information content (AvgIpc) is 2.63. The van der Waals surface area contributed by atoms with Crippen LogP contribution in [-0.2, 0) is 9.59 Å². The summed E-state index contributed by atoms with van der Waals surface area (Å²) in [6, 6.07) is 15.4. The summed E-state index contributed by atoms with van der Waals surface area (Å²) in [7, 11) is 0. The normalized spacial score (nSPS) is 11.0. The summed E-state index contributed by atoms with van der Waals surface area (Å²) in [4.78, 5) is 23.4. The van der Waals surface area contributed by atoms with Crippen molar-refractivity contribution in [3.8, 4) is 0 Å². The average molecular weight is 350 g/mol. The third-order valence-electron chi connectivity index (χ3n) is 3.74. The molecule has 0 radical (unpaired) electrons. The van der Waals surface area contributed by atoms with Crippen LogP contribution in [0.15, 0.2) is 58.7 Å². The zero-order chi connectivity index (χ0) is 18.8. The molecule has 2 aromatic rings. The van der Waals surface area contributed by atoms with E-state index < -0.39 is 0 Å². The Bertz CT molecular complexity index is 759. The van der Waals surface area contributed by atoms with Gasteiger partial charge in [-0.25, -0.2) is 10.9 Å². The fourth-order valence-corrected chi connectivity index (χ4v) is 2.15. The van der Waals surface area contributed by atoms with E-state index >= 15 is 0 Å². The molecular formula is C20H22N4O2. The van der Waals surface area contributed by atoms with E-state index in [1.54, 1.807) is 12.4 Å². The van der Waals surface area contributed by atoms with Gasteiger partial charge < -0.3 is 0 Å². The fourth-order valence-electron chi connectivity index (χ4n) is 2.15. The molecule has 0 aliphatic carbocycles. The topological polar surface area (TPSA) is 82.9 Å². The third-order valence-corrected chi connectivity index (χ3v) is 3.74. The van der Waals surface area contributed by atoms with Gasteiger partial charge in [-0.15, -0.1) is 0 Å². The summed E-state index contributed by atoms with van der Waals surface area (Å²) in [5, 5.41) is 7.81. The first kappa shape index (κ1) is 19.1. The Labute approximate surface area is 153 Å². The fraction of sp³-hybridized carbons (Fsp3) is 0.200. The third kappa shape index (κ3) is 6.32. The number of hydrogen-bond donors (Lipinski definition) is 2. The predicted molar refractivity (Wildman–Crippen MR) is 103 cm³/mol. The second-order valence-electron chi connectivity index (χ2n) is 5.80. The maximum Gasteiger partial charge on any atom is 0.240 e. The molecule has 0 aromatic heterocycles. The van der Waals surface area contributed by atoms with Gasteiger partial charge in [-0.2, -0.15) is 10.2 Å². The minimum Gasteiger partial charge on any atom is -0.273 e. The first-order chi connectivity index (χ1) is 12.6. The number of nitrogens with zero attached hydrogens (tertiary/aromatic N) is 2. The van der Waals surface area contributed by atoms with Gasteiger partial charge in [0.1, 0.15) is 0 Å². The van der Waals surface area contributed by atoms with Crippen LogP contribution in [0.5, 0.6) is 0 Å². The molecule has 0 bridgehead atoms. The highest BCUT2D eigenvalue weighted by Crippen LogP contribution is 2.04. The number of aryl methyl sites for hydroxylation is 2. The number of amides is 2. The Morgan fingerprint density at radius 2 is 1.15 bits per heavy atom. The van der Waals surface area contributed by atoms with Crippen LogP contribution in [0.1, 0.15) is 35.1 Å². The number of hydrazone groups is 2. The van der Waals surface area contributed by atoms with Crippen LogP contribution in [0, 0.1) is 13.8 Å². The molecule has 6 heteroatoms. The number of carbonyl (C=O) groups excluding carboxylic acids is 2. The van der Waals surface area contributed by atoms with E-state index in [0.717, 1.165) is 22.3 Å². The van der Waals surface area contributed by atoms with Crippen LogP contribution in [-0.4, -0.2) is 24.2 Å². The van der Waals surface area contributed by atoms with Gasteiger partial charge in [0.05, 0.1) is 12.4 Å². The van der Waals surface area contributed by atoms with Crippen molar-refractivity contribution in [2.45, 2.75) is 26.7 Å². The number of benzene rings is 2. The van der Waals surface area contributed by atoms with Crippen molar-refractivity contribution in [2.24, 2.45) is 10.2 Å². The second kappa shape index (κ2) is 9.88. The van der Waals surface area contributed by atoms with Crippen molar-refractivity contribution in [1.82, 2.24) is 10.9 Å². The molecule has 2 rings (SSSR count). The lowest BCUT2D eigenvalue weighted by Crippen LogP contribution is -2.22. The van der Waals surface area contributed by atoms with Crippen molar-refractivity contribution >= 4 is 24.2 Å². The SMILES string of the molecule is Cc1ccccc1C=NNC(=O)CCC(=O)NN=Cc1ccccc1C. The number of nitrogens with one attached hydrogen (secondary N) is 2. The lowest BCUT2D eigenvalue weighted by atomic mass is 10.1. The Hall–Kier alpha value is -3.28. The quantitative estimate of drug-likeness (QED) is 0.594. The molecule has 0 heterocycles. The molecule has 134 valence electrons. The number of hydrogen-bond acceptors (Lipinski definition) is 4. The number of carbonyl (C=O) groups is 2. The molecule has 0 aliphatic rings. The van der Waals surface area contributed by atoms with Gasteiger partial charge in [0.25, 0.3) is 0 Å². The standard InChI is InChI=1S/C20H22N4O2/c1-15-7-3-5-9-17(15)13-21-23-19(25)11-12-20(26)24-22-14-18-10-6-4-8-16(18)2/h3-10,13-14H,11-12H2,1-2H3,(H,23,25)(H,24,26). The van der Waals surface area contributed by atoms with Gasteiger partial charge in [-0.05, 0) is 36.1 Å². The lowest BCUT2D eigenvalue weighted by Gasteiger charge is -2.01. The van der Waals surface area contributed by atoms with Crippen molar-refractivity contribution in [2.75, 3.05) is 0 Å². The minimum absolute atomic E-state index is 0.0385. The maximum absolute atomic E-state index is 11.7. The van der Waals surface area contributed by atoms with E-state index in [9.17, 15) is 9.59 Å². The molecule has 0 unspecified atom stereocenters. The van der Waals surface area contributed by atoms with Crippen molar-refractivity contribution < 1.29 is 9.59 Å². The monoisotopic (exact) mass is 350 g/mol. The van der Waals surface area contributed by atoms with Crippen LogP contribution in [0.25, 0.3) is 0 Å². The molecule has 0 fully saturated rings. The molecule has 26 heavy (non-hydrogen) atoms. The smallest absolute Gasteiger partial charge is 0.240 e. The first-order valence-electron chi connectivity index (χ1n) is 8.31. The Morgan fingerprint density at radius 3 is 1.54 bits per heavy atom. The maximum atomic E-state index is 11.7. The summed E-state index contributed by atoms with van der Waals surface area (Å²) in [5.74, 6) is -0.652. The second-order valence-corrected chi connectivity index (χ2v) is 5.80. The van der Waals surface area contributed by atoms with E-state index in [1.807, 2.05) is 62.4 Å². The van der Waals surface area contributed by atoms with Crippen molar-refractivity contribution in [1.29, 1.82) is 0 Å². The van der Waals surface area contributed by atoms with Crippen LogP contribution >= 0.6 is 0 Å². The molecule has 6 nitrogen and oxygen atoms in total. The zero-order valence-corrected chi connectivity index (χ0v) is 14.9. The van der Waals surface area contributed by atoms with E-state index in [0.29, 0.717) is 0 Å². The van der Waals surface area contributed by atoms with Gasteiger partial charge in [0, 0.05) is 12.8 Å². The van der Waals surface area contributed by atoms with E-state index in [4.69, 9.17) is 0 Å². The first-order valence-corrected chi connectivity index (χ1v) is 8.31. The molecule has 0 spiro atoms. The molecule has 2 N–H and O–H groups in total. The molecule has 0 aliphatic heterocycles. The predicted octanol–water partition coefficient (Wildman–Crippen LogP) is 2.68. The molecular weight excluding hydrogens is 328 g/mol. The summed E-state index contributed by atoms with van der Waals surface area (Å²) >= 11 is 0. The summed E-state index contributed by atoms with van der Waals surface area (Å²) < 4.78 is 0. The number of rotatable bonds is 7. The highest BCUT2D eigenvalue weighted by molar-refractivity contribution is 5.87. The summed E-state index contributed by atoms with van der Waals surface area (Å²) in [6.45, 7) is 3.93. The Kier molecular flexibility index (Phi) is 7.24. The van der Waals surface area contributed by atoms with Crippen molar-refractivity contribution in [3.05, 3.63) is 70.8 Å². The Balaban J connectivity index is 1.71. The minimum atomic E-state index is -0.326. The largest absolute Gasteiger partial charge is 0.273 e.